The van der Waals surface area contributed by atoms with Gasteiger partial charge in [0.1, 0.15) is 18.0 Å². The molecule has 4 rings (SSSR count). The first-order chi connectivity index (χ1) is 14.6. The molecular formula is C22H24FN5O3. The van der Waals surface area contributed by atoms with Crippen LogP contribution >= 0.6 is 0 Å². The van der Waals surface area contributed by atoms with E-state index in [1.807, 2.05) is 45.0 Å². The summed E-state index contributed by atoms with van der Waals surface area (Å²) in [6.45, 7) is 6.24. The van der Waals surface area contributed by atoms with Crippen molar-refractivity contribution < 1.29 is 18.7 Å². The van der Waals surface area contributed by atoms with Gasteiger partial charge in [0.25, 0.3) is 5.91 Å². The molecule has 31 heavy (non-hydrogen) atoms. The molecule has 9 heteroatoms. The minimum atomic E-state index is -0.699. The van der Waals surface area contributed by atoms with E-state index in [0.29, 0.717) is 13.1 Å². The Labute approximate surface area is 178 Å². The van der Waals surface area contributed by atoms with Gasteiger partial charge < -0.3 is 15.4 Å². The van der Waals surface area contributed by atoms with Gasteiger partial charge in [-0.1, -0.05) is 18.2 Å². The molecule has 162 valence electrons. The molecule has 3 aromatic rings. The molecule has 1 saturated heterocycles. The van der Waals surface area contributed by atoms with Crippen molar-refractivity contribution in [2.75, 3.05) is 18.8 Å². The summed E-state index contributed by atoms with van der Waals surface area (Å²) < 4.78 is 21.0. The zero-order valence-corrected chi connectivity index (χ0v) is 17.6. The molecule has 1 fully saturated rings. The number of anilines is 1. The van der Waals surface area contributed by atoms with E-state index in [1.54, 1.807) is 9.58 Å². The number of esters is 1. The third-order valence-electron chi connectivity index (χ3n) is 5.05. The molecule has 2 N–H and O–H groups in total. The molecule has 2 aromatic heterocycles. The van der Waals surface area contributed by atoms with E-state index in [2.05, 4.69) is 10.1 Å². The number of carbonyl (C=O) groups is 2. The Balaban J connectivity index is 1.53. The third-order valence-corrected chi connectivity index (χ3v) is 5.05. The predicted octanol–water partition coefficient (Wildman–Crippen LogP) is 2.73. The number of rotatable bonds is 4. The van der Waals surface area contributed by atoms with Crippen molar-refractivity contribution in [2.45, 2.75) is 38.8 Å². The van der Waals surface area contributed by atoms with Gasteiger partial charge in [0.15, 0.2) is 5.82 Å². The van der Waals surface area contributed by atoms with Gasteiger partial charge in [-0.05, 0) is 32.9 Å². The standard InChI is InChI=1S/C22H24FN5O3/c1-22(2,3)31-19(29)12-28-17-7-5-4-6-14(17)20(26-28)13-10-27(11-13)21(30)15-8-18(24)25-9-16(15)23/h4-9,13H,10-12H2,1-3H3,(H2,24,25). The Hall–Kier alpha value is -3.49. The number of hydrogen-bond donors (Lipinski definition) is 1. The van der Waals surface area contributed by atoms with Crippen molar-refractivity contribution in [3.63, 3.8) is 0 Å². The molecular weight excluding hydrogens is 401 g/mol. The Morgan fingerprint density at radius 2 is 1.97 bits per heavy atom. The highest BCUT2D eigenvalue weighted by atomic mass is 19.1. The fraction of sp³-hybridized carbons (Fsp3) is 0.364. The first-order valence-corrected chi connectivity index (χ1v) is 10.00. The molecule has 0 saturated carbocycles. The number of aromatic nitrogens is 3. The maximum atomic E-state index is 14.0. The molecule has 0 unspecified atom stereocenters. The summed E-state index contributed by atoms with van der Waals surface area (Å²) in [6.07, 6.45) is 0.950. The normalized spacial score (nSPS) is 14.5. The highest BCUT2D eigenvalue weighted by Gasteiger charge is 2.36. The molecule has 0 aliphatic carbocycles. The lowest BCUT2D eigenvalue weighted by molar-refractivity contribution is -0.155. The fourth-order valence-corrected chi connectivity index (χ4v) is 3.68. The number of para-hydroxylation sites is 1. The van der Waals surface area contributed by atoms with Crippen molar-refractivity contribution in [1.82, 2.24) is 19.7 Å². The zero-order valence-electron chi connectivity index (χ0n) is 17.6. The number of pyridine rings is 1. The van der Waals surface area contributed by atoms with Crippen molar-refractivity contribution in [1.29, 1.82) is 0 Å². The topological polar surface area (TPSA) is 103 Å². The van der Waals surface area contributed by atoms with E-state index in [9.17, 15) is 14.0 Å². The molecule has 8 nitrogen and oxygen atoms in total. The van der Waals surface area contributed by atoms with Crippen molar-refractivity contribution in [3.8, 4) is 0 Å². The monoisotopic (exact) mass is 425 g/mol. The second kappa shape index (κ2) is 7.64. The molecule has 0 radical (unpaired) electrons. The lowest BCUT2D eigenvalue weighted by Gasteiger charge is -2.38. The van der Waals surface area contributed by atoms with Crippen LogP contribution in [-0.4, -0.2) is 50.2 Å². The summed E-state index contributed by atoms with van der Waals surface area (Å²) >= 11 is 0. The van der Waals surface area contributed by atoms with Gasteiger partial charge in [0, 0.05) is 24.4 Å². The zero-order chi connectivity index (χ0) is 22.3. The summed E-state index contributed by atoms with van der Waals surface area (Å²) in [7, 11) is 0. The average Bonchev–Trinajstić information content (AvgIpc) is 2.99. The maximum absolute atomic E-state index is 14.0. The Kier molecular flexibility index (Phi) is 5.12. The van der Waals surface area contributed by atoms with Crippen molar-refractivity contribution >= 4 is 28.6 Å². The van der Waals surface area contributed by atoms with Crippen molar-refractivity contribution in [3.05, 3.63) is 53.6 Å². The average molecular weight is 425 g/mol. The van der Waals surface area contributed by atoms with Crippen LogP contribution in [0.2, 0.25) is 0 Å². The number of amides is 1. The van der Waals surface area contributed by atoms with Crippen LogP contribution in [0.1, 0.15) is 42.7 Å². The lowest BCUT2D eigenvalue weighted by atomic mass is 9.93. The summed E-state index contributed by atoms with van der Waals surface area (Å²) in [5.74, 6) is -1.43. The van der Waals surface area contributed by atoms with Gasteiger partial charge in [0.05, 0.1) is 23.0 Å². The van der Waals surface area contributed by atoms with Crippen LogP contribution in [0.3, 0.4) is 0 Å². The number of hydrogen-bond acceptors (Lipinski definition) is 6. The van der Waals surface area contributed by atoms with E-state index in [-0.39, 0.29) is 29.8 Å². The molecule has 1 aliphatic rings. The van der Waals surface area contributed by atoms with E-state index in [0.717, 1.165) is 22.8 Å². The maximum Gasteiger partial charge on any atom is 0.328 e. The summed E-state index contributed by atoms with van der Waals surface area (Å²) in [5, 5.41) is 5.57. The number of fused-ring (bicyclic) bond motifs is 1. The van der Waals surface area contributed by atoms with Gasteiger partial charge >= 0.3 is 5.97 Å². The number of halogens is 1. The van der Waals surface area contributed by atoms with Gasteiger partial charge in [-0.2, -0.15) is 5.10 Å². The number of nitrogen functional groups attached to an aromatic ring is 1. The number of nitrogens with zero attached hydrogens (tertiary/aromatic N) is 4. The summed E-state index contributed by atoms with van der Waals surface area (Å²) in [5.41, 5.74) is 6.54. The smallest absolute Gasteiger partial charge is 0.328 e. The highest BCUT2D eigenvalue weighted by molar-refractivity contribution is 5.96. The van der Waals surface area contributed by atoms with E-state index < -0.39 is 17.3 Å². The van der Waals surface area contributed by atoms with E-state index in [1.165, 1.54) is 6.07 Å². The quantitative estimate of drug-likeness (QED) is 0.645. The first kappa shape index (κ1) is 20.8. The van der Waals surface area contributed by atoms with Crippen LogP contribution in [0.5, 0.6) is 0 Å². The van der Waals surface area contributed by atoms with Crippen LogP contribution in [0.4, 0.5) is 10.2 Å². The molecule has 0 atom stereocenters. The van der Waals surface area contributed by atoms with Crippen LogP contribution in [-0.2, 0) is 16.1 Å². The van der Waals surface area contributed by atoms with Crippen LogP contribution in [0, 0.1) is 5.82 Å². The molecule has 1 aromatic carbocycles. The number of ether oxygens (including phenoxy) is 1. The lowest BCUT2D eigenvalue weighted by Crippen LogP contribution is -2.49. The number of benzene rings is 1. The third kappa shape index (κ3) is 4.21. The fourth-order valence-electron chi connectivity index (χ4n) is 3.68. The van der Waals surface area contributed by atoms with Crippen molar-refractivity contribution in [2.24, 2.45) is 0 Å². The van der Waals surface area contributed by atoms with Crippen LogP contribution in [0.15, 0.2) is 36.5 Å². The van der Waals surface area contributed by atoms with Gasteiger partial charge in [0.2, 0.25) is 0 Å². The minimum absolute atomic E-state index is 0.00531. The second-order valence-corrected chi connectivity index (χ2v) is 8.64. The molecule has 3 heterocycles. The second-order valence-electron chi connectivity index (χ2n) is 8.64. The number of likely N-dealkylation sites (tertiary alicyclic amines) is 1. The molecule has 1 aliphatic heterocycles. The Morgan fingerprint density at radius 3 is 2.68 bits per heavy atom. The molecule has 0 bridgehead atoms. The van der Waals surface area contributed by atoms with Gasteiger partial charge in [-0.3, -0.25) is 14.3 Å². The minimum Gasteiger partial charge on any atom is -0.459 e. The first-order valence-electron chi connectivity index (χ1n) is 10.00. The van der Waals surface area contributed by atoms with Gasteiger partial charge in [-0.15, -0.1) is 0 Å². The Bertz CT molecular complexity index is 1160. The van der Waals surface area contributed by atoms with E-state index >= 15 is 0 Å². The summed E-state index contributed by atoms with van der Waals surface area (Å²) in [6, 6.07) is 8.87. The van der Waals surface area contributed by atoms with E-state index in [4.69, 9.17) is 10.5 Å². The number of carbonyl (C=O) groups excluding carboxylic acids is 2. The predicted molar refractivity (Wildman–Crippen MR) is 113 cm³/mol. The molecule has 1 amide bonds. The number of nitrogens with two attached hydrogens (primary N) is 1. The van der Waals surface area contributed by atoms with Crippen LogP contribution < -0.4 is 5.73 Å². The van der Waals surface area contributed by atoms with Crippen LogP contribution in [0.25, 0.3) is 10.9 Å². The molecule has 0 spiro atoms. The van der Waals surface area contributed by atoms with Gasteiger partial charge in [-0.25, -0.2) is 9.37 Å². The highest BCUT2D eigenvalue weighted by Crippen LogP contribution is 2.33. The largest absolute Gasteiger partial charge is 0.459 e. The summed E-state index contributed by atoms with van der Waals surface area (Å²) in [4.78, 5) is 30.1. The SMILES string of the molecule is CC(C)(C)OC(=O)Cn1nc(C2CN(C(=O)c3cc(N)ncc3F)C2)c2ccccc21. The Morgan fingerprint density at radius 1 is 1.26 bits per heavy atom.